The van der Waals surface area contributed by atoms with Gasteiger partial charge in [0.15, 0.2) is 0 Å². The van der Waals surface area contributed by atoms with Gasteiger partial charge in [-0.3, -0.25) is 36.0 Å². The molecule has 0 heterocycles. The number of nitrogens with one attached hydrogen (secondary N) is 3. The molecule has 0 saturated carbocycles. The quantitative estimate of drug-likeness (QED) is 0.0382. The number of carbonyl (C=O) groups is 4. The first-order valence-electron chi connectivity index (χ1n) is 19.2. The molecule has 0 aliphatic carbocycles. The average molecular weight is 808 g/mol. The van der Waals surface area contributed by atoms with Gasteiger partial charge in [-0.15, -0.1) is 0 Å². The van der Waals surface area contributed by atoms with Crippen molar-refractivity contribution in [2.24, 2.45) is 9.98 Å². The molecule has 0 aliphatic rings. The Hall–Kier alpha value is -5.16. The zero-order chi connectivity index (χ0) is 43.5. The Kier molecular flexibility index (Phi) is 20.3. The predicted octanol–water partition coefficient (Wildman–Crippen LogP) is 8.23. The maximum Gasteiger partial charge on any atom is 0.417 e. The van der Waals surface area contributed by atoms with E-state index in [1.807, 2.05) is 0 Å². The van der Waals surface area contributed by atoms with Gasteiger partial charge in [-0.1, -0.05) is 31.7 Å². The van der Waals surface area contributed by atoms with Crippen molar-refractivity contribution in [3.63, 3.8) is 0 Å². The number of hydrogen-bond donors (Lipinski definition) is 3. The fourth-order valence-corrected chi connectivity index (χ4v) is 4.50. The van der Waals surface area contributed by atoms with Gasteiger partial charge in [-0.05, 0) is 108 Å². The topological polar surface area (TPSA) is 222 Å². The molecular formula is C39H65N7O11. The summed E-state index contributed by atoms with van der Waals surface area (Å²) in [7, 11) is 0. The number of guanidine groups is 2. The van der Waals surface area contributed by atoms with Gasteiger partial charge in [0.25, 0.3) is 5.69 Å². The summed E-state index contributed by atoms with van der Waals surface area (Å²) in [6.07, 6.45) is 1.96. The van der Waals surface area contributed by atoms with E-state index >= 15 is 0 Å². The van der Waals surface area contributed by atoms with Crippen molar-refractivity contribution in [3.05, 3.63) is 34.4 Å². The van der Waals surface area contributed by atoms with Crippen LogP contribution in [0.2, 0.25) is 0 Å². The molecule has 0 radical (unpaired) electrons. The van der Waals surface area contributed by atoms with Crippen molar-refractivity contribution in [2.45, 2.75) is 150 Å². The molecule has 0 unspecified atom stereocenters. The molecule has 0 aromatic heterocycles. The molecule has 18 heteroatoms. The number of carbonyl (C=O) groups excluding carboxylic acids is 4. The number of rotatable bonds is 15. The van der Waals surface area contributed by atoms with Crippen LogP contribution in [-0.4, -0.2) is 94.8 Å². The second kappa shape index (κ2) is 23.2. The van der Waals surface area contributed by atoms with E-state index in [9.17, 15) is 29.3 Å². The zero-order valence-corrected chi connectivity index (χ0v) is 35.9. The molecule has 0 spiro atoms. The van der Waals surface area contributed by atoms with Crippen LogP contribution in [-0.2, 0) is 18.9 Å². The van der Waals surface area contributed by atoms with Gasteiger partial charge in [0.2, 0.25) is 11.9 Å². The van der Waals surface area contributed by atoms with Gasteiger partial charge in [0.1, 0.15) is 28.2 Å². The maximum atomic E-state index is 13.4. The smallest absolute Gasteiger partial charge is 0.417 e. The van der Waals surface area contributed by atoms with Crippen LogP contribution in [0.15, 0.2) is 34.3 Å². The first kappa shape index (κ1) is 49.9. The first-order chi connectivity index (χ1) is 26.2. The minimum atomic E-state index is -0.845. The maximum absolute atomic E-state index is 13.4. The molecule has 0 bridgehead atoms. The number of alkyl carbamates (subject to hydrolysis) is 3. The van der Waals surface area contributed by atoms with E-state index in [2.05, 4.69) is 25.9 Å². The van der Waals surface area contributed by atoms with Crippen LogP contribution in [0.1, 0.15) is 128 Å². The minimum Gasteiger partial charge on any atom is -0.493 e. The highest BCUT2D eigenvalue weighted by Gasteiger charge is 2.28. The lowest BCUT2D eigenvalue weighted by atomic mass is 10.1. The number of nitro benzene ring substituents is 1. The van der Waals surface area contributed by atoms with Gasteiger partial charge < -0.3 is 23.7 Å². The minimum absolute atomic E-state index is 0.0394. The van der Waals surface area contributed by atoms with Crippen LogP contribution < -0.4 is 20.7 Å². The third-order valence-corrected chi connectivity index (χ3v) is 6.64. The number of nitrogens with zero attached hydrogens (tertiary/aromatic N) is 4. The Bertz CT molecular complexity index is 1500. The molecule has 1 aromatic carbocycles. The largest absolute Gasteiger partial charge is 0.493 e. The standard InChI is InChI=1S/C39H65N7O11/c1-36(2,3)54-32(47)42-30(43-33(48)55-37(4,5)6)40-23-17-15-13-14-16-18-24-41-31(44-34(49)56-38(7,8)9)45(35(50)57-39(10,11)12)25-20-26-53-29-22-19-21-28(27-29)46(51)52/h19,21-22,27H,13-18,20,23-26H2,1-12H3,(H,41,44,49)(H2,40,42,43,47,48). The summed E-state index contributed by atoms with van der Waals surface area (Å²) in [4.78, 5) is 71.7. The number of ether oxygens (including phenoxy) is 5. The highest BCUT2D eigenvalue weighted by Crippen LogP contribution is 2.20. The molecule has 0 fully saturated rings. The van der Waals surface area contributed by atoms with Gasteiger partial charge in [-0.25, -0.2) is 24.1 Å². The highest BCUT2D eigenvalue weighted by molar-refractivity contribution is 6.02. The first-order valence-corrected chi connectivity index (χ1v) is 19.2. The number of unbranched alkanes of at least 4 members (excludes halogenated alkanes) is 5. The van der Waals surface area contributed by atoms with Crippen molar-refractivity contribution in [1.82, 2.24) is 20.9 Å². The average Bonchev–Trinajstić information content (AvgIpc) is 3.01. The Labute approximate surface area is 337 Å². The van der Waals surface area contributed by atoms with Crippen molar-refractivity contribution in [1.29, 1.82) is 0 Å². The van der Waals surface area contributed by atoms with Crippen molar-refractivity contribution in [2.75, 3.05) is 26.2 Å². The zero-order valence-electron chi connectivity index (χ0n) is 35.9. The number of benzene rings is 1. The third-order valence-electron chi connectivity index (χ3n) is 6.64. The Balaban J connectivity index is 2.90. The molecule has 1 aromatic rings. The fraction of sp³-hybridized carbons (Fsp3) is 0.692. The summed E-state index contributed by atoms with van der Waals surface area (Å²) in [5, 5.41) is 18.7. The van der Waals surface area contributed by atoms with Gasteiger partial charge >= 0.3 is 24.4 Å². The molecule has 0 atom stereocenters. The Morgan fingerprint density at radius 1 is 0.649 bits per heavy atom. The summed E-state index contributed by atoms with van der Waals surface area (Å²) in [6.45, 7) is 21.4. The third kappa shape index (κ3) is 25.6. The van der Waals surface area contributed by atoms with Crippen molar-refractivity contribution < 1.29 is 47.8 Å². The molecular weight excluding hydrogens is 742 g/mol. The molecule has 1 rings (SSSR count). The second-order valence-electron chi connectivity index (χ2n) is 17.0. The molecule has 4 amide bonds. The molecule has 0 saturated heterocycles. The van der Waals surface area contributed by atoms with E-state index in [-0.39, 0.29) is 43.7 Å². The Morgan fingerprint density at radius 2 is 1.11 bits per heavy atom. The van der Waals surface area contributed by atoms with Crippen LogP contribution in [0.5, 0.6) is 5.75 Å². The van der Waals surface area contributed by atoms with Gasteiger partial charge in [-0.2, -0.15) is 0 Å². The molecule has 3 N–H and O–H groups in total. The van der Waals surface area contributed by atoms with E-state index in [0.717, 1.165) is 25.7 Å². The number of amides is 4. The van der Waals surface area contributed by atoms with Crippen molar-refractivity contribution >= 4 is 42.0 Å². The van der Waals surface area contributed by atoms with E-state index < -0.39 is 51.7 Å². The lowest BCUT2D eigenvalue weighted by molar-refractivity contribution is -0.384. The van der Waals surface area contributed by atoms with E-state index in [1.54, 1.807) is 89.2 Å². The van der Waals surface area contributed by atoms with Gasteiger partial charge in [0.05, 0.1) is 17.6 Å². The summed E-state index contributed by atoms with van der Waals surface area (Å²) >= 11 is 0. The van der Waals surface area contributed by atoms with E-state index in [4.69, 9.17) is 23.7 Å². The fourth-order valence-electron chi connectivity index (χ4n) is 4.50. The van der Waals surface area contributed by atoms with Crippen molar-refractivity contribution in [3.8, 4) is 5.75 Å². The van der Waals surface area contributed by atoms with Gasteiger partial charge in [0, 0.05) is 25.7 Å². The van der Waals surface area contributed by atoms with Crippen LogP contribution in [0.3, 0.4) is 0 Å². The lowest BCUT2D eigenvalue weighted by Crippen LogP contribution is -2.50. The predicted molar refractivity (Wildman–Crippen MR) is 217 cm³/mol. The SMILES string of the molecule is CC(C)(C)OC(=O)NC(=NCCCCCCCCN=C(NC(=O)OC(C)(C)C)N(CCCOc1cccc([N+](=O)[O-])c1)C(=O)OC(C)(C)C)NC(=O)OC(C)(C)C. The summed E-state index contributed by atoms with van der Waals surface area (Å²) in [6, 6.07) is 5.78. The van der Waals surface area contributed by atoms with Crippen LogP contribution >= 0.6 is 0 Å². The summed E-state index contributed by atoms with van der Waals surface area (Å²) < 4.78 is 27.3. The molecule has 57 heavy (non-hydrogen) atoms. The monoisotopic (exact) mass is 807 g/mol. The van der Waals surface area contributed by atoms with Crippen LogP contribution in [0.4, 0.5) is 24.9 Å². The summed E-state index contributed by atoms with van der Waals surface area (Å²) in [5.41, 5.74) is -3.25. The number of hydrogen-bond acceptors (Lipinski definition) is 13. The molecule has 322 valence electrons. The Morgan fingerprint density at radius 3 is 1.58 bits per heavy atom. The molecule has 18 nitrogen and oxygen atoms in total. The molecule has 0 aliphatic heterocycles. The number of nitro groups is 1. The number of non-ortho nitro benzene ring substituents is 1. The van der Waals surface area contributed by atoms with E-state index in [0.29, 0.717) is 25.1 Å². The lowest BCUT2D eigenvalue weighted by Gasteiger charge is -2.29. The van der Waals surface area contributed by atoms with E-state index in [1.165, 1.54) is 23.1 Å². The second-order valence-corrected chi connectivity index (χ2v) is 17.0. The summed E-state index contributed by atoms with van der Waals surface area (Å²) in [5.74, 6) is 0.196. The van der Waals surface area contributed by atoms with Crippen LogP contribution in [0, 0.1) is 10.1 Å². The van der Waals surface area contributed by atoms with Crippen LogP contribution in [0.25, 0.3) is 0 Å². The number of aliphatic imine (C=N–C) groups is 2. The highest BCUT2D eigenvalue weighted by atomic mass is 16.6. The normalized spacial score (nSPS) is 12.1.